The van der Waals surface area contributed by atoms with Crippen LogP contribution >= 0.6 is 22.5 Å². The monoisotopic (exact) mass is 166 g/mol. The largest absolute Gasteiger partial charge is 0.304 e. The van der Waals surface area contributed by atoms with Crippen molar-refractivity contribution in [1.29, 1.82) is 0 Å². The van der Waals surface area contributed by atoms with Crippen LogP contribution < -0.4 is 11.5 Å². The standard InChI is InChI=1S/C5H14N2S2/c1-2-3-4-5(6,7)9-8/h8H,2-4,6-7H2,1H3. The Kier molecular flexibility index (Phi) is 4.74. The molecule has 4 heteroatoms. The van der Waals surface area contributed by atoms with Crippen molar-refractivity contribution in [2.75, 3.05) is 0 Å². The summed E-state index contributed by atoms with van der Waals surface area (Å²) in [5.41, 5.74) is 11.1. The predicted octanol–water partition coefficient (Wildman–Crippen LogP) is 1.33. The minimum absolute atomic E-state index is 0.626. The SMILES string of the molecule is CCCCC(N)(N)SS. The van der Waals surface area contributed by atoms with Gasteiger partial charge in [0.1, 0.15) is 4.99 Å². The minimum Gasteiger partial charge on any atom is -0.304 e. The fourth-order valence-electron chi connectivity index (χ4n) is 0.499. The maximum Gasteiger partial charge on any atom is 0.122 e. The van der Waals surface area contributed by atoms with E-state index >= 15 is 0 Å². The van der Waals surface area contributed by atoms with Crippen LogP contribution in [0.5, 0.6) is 0 Å². The Bertz CT molecular complexity index is 75.4. The van der Waals surface area contributed by atoms with E-state index in [2.05, 4.69) is 18.6 Å². The molecule has 0 rings (SSSR count). The van der Waals surface area contributed by atoms with Crippen LogP contribution in [-0.4, -0.2) is 4.99 Å². The molecule has 0 aliphatic carbocycles. The molecule has 0 fully saturated rings. The van der Waals surface area contributed by atoms with Crippen LogP contribution in [0.4, 0.5) is 0 Å². The first kappa shape index (κ1) is 9.62. The van der Waals surface area contributed by atoms with Crippen molar-refractivity contribution in [2.45, 2.75) is 31.2 Å². The third kappa shape index (κ3) is 5.08. The number of unbranched alkanes of at least 4 members (excludes halogenated alkanes) is 1. The summed E-state index contributed by atoms with van der Waals surface area (Å²) in [7, 11) is 1.22. The Morgan fingerprint density at radius 3 is 2.44 bits per heavy atom. The van der Waals surface area contributed by atoms with Gasteiger partial charge in [-0.3, -0.25) is 0 Å². The Morgan fingerprint density at radius 1 is 1.56 bits per heavy atom. The van der Waals surface area contributed by atoms with E-state index in [1.54, 1.807) is 0 Å². The highest BCUT2D eigenvalue weighted by atomic mass is 33.1. The van der Waals surface area contributed by atoms with Crippen molar-refractivity contribution in [3.8, 4) is 0 Å². The lowest BCUT2D eigenvalue weighted by Crippen LogP contribution is -2.44. The van der Waals surface area contributed by atoms with Gasteiger partial charge in [0.15, 0.2) is 0 Å². The van der Waals surface area contributed by atoms with Crippen LogP contribution in [0, 0.1) is 0 Å². The Labute approximate surface area is 65.6 Å². The smallest absolute Gasteiger partial charge is 0.122 e. The van der Waals surface area contributed by atoms with E-state index in [9.17, 15) is 0 Å². The van der Waals surface area contributed by atoms with Crippen molar-refractivity contribution >= 4 is 22.5 Å². The van der Waals surface area contributed by atoms with Crippen LogP contribution in [0.2, 0.25) is 0 Å². The zero-order chi connectivity index (χ0) is 7.33. The highest BCUT2D eigenvalue weighted by Crippen LogP contribution is 2.22. The molecule has 0 spiro atoms. The number of hydrogen-bond donors (Lipinski definition) is 3. The molecule has 9 heavy (non-hydrogen) atoms. The summed E-state index contributed by atoms with van der Waals surface area (Å²) in [5.74, 6) is 0. The zero-order valence-electron chi connectivity index (χ0n) is 5.63. The van der Waals surface area contributed by atoms with E-state index in [1.807, 2.05) is 0 Å². The topological polar surface area (TPSA) is 52.0 Å². The van der Waals surface area contributed by atoms with Crippen molar-refractivity contribution in [1.82, 2.24) is 0 Å². The summed E-state index contributed by atoms with van der Waals surface area (Å²) in [4.78, 5) is -0.626. The van der Waals surface area contributed by atoms with Crippen LogP contribution in [-0.2, 0) is 0 Å². The Balaban J connectivity index is 3.33. The van der Waals surface area contributed by atoms with Gasteiger partial charge in [0.2, 0.25) is 0 Å². The van der Waals surface area contributed by atoms with Gasteiger partial charge in [-0.15, -0.1) is 11.7 Å². The Morgan fingerprint density at radius 2 is 2.11 bits per heavy atom. The quantitative estimate of drug-likeness (QED) is 0.335. The maximum atomic E-state index is 5.57. The summed E-state index contributed by atoms with van der Waals surface area (Å²) < 4.78 is 0. The van der Waals surface area contributed by atoms with E-state index in [0.717, 1.165) is 19.3 Å². The van der Waals surface area contributed by atoms with Crippen molar-refractivity contribution in [2.24, 2.45) is 11.5 Å². The van der Waals surface area contributed by atoms with Crippen molar-refractivity contribution in [3.05, 3.63) is 0 Å². The molecular weight excluding hydrogens is 152 g/mol. The molecule has 0 atom stereocenters. The van der Waals surface area contributed by atoms with E-state index < -0.39 is 4.99 Å². The molecular formula is C5H14N2S2. The van der Waals surface area contributed by atoms with Gasteiger partial charge in [0.25, 0.3) is 0 Å². The Hall–Kier alpha value is 0.620. The zero-order valence-corrected chi connectivity index (χ0v) is 7.34. The summed E-state index contributed by atoms with van der Waals surface area (Å²) in [6, 6.07) is 0. The molecule has 0 aromatic rings. The normalized spacial score (nSPS) is 12.0. The van der Waals surface area contributed by atoms with Gasteiger partial charge >= 0.3 is 0 Å². The third-order valence-electron chi connectivity index (χ3n) is 1.09. The first-order valence-corrected chi connectivity index (χ1v) is 4.89. The number of rotatable bonds is 4. The predicted molar refractivity (Wildman–Crippen MR) is 47.2 cm³/mol. The van der Waals surface area contributed by atoms with Crippen LogP contribution in [0.3, 0.4) is 0 Å². The maximum absolute atomic E-state index is 5.57. The molecule has 0 aliphatic heterocycles. The number of thiol groups is 1. The van der Waals surface area contributed by atoms with Gasteiger partial charge in [-0.05, 0) is 12.8 Å². The molecule has 0 saturated heterocycles. The molecule has 0 amide bonds. The molecule has 0 aliphatic rings. The summed E-state index contributed by atoms with van der Waals surface area (Å²) in [5, 5.41) is 0. The average Bonchev–Trinajstić information content (AvgIpc) is 1.84. The molecule has 56 valence electrons. The van der Waals surface area contributed by atoms with Crippen molar-refractivity contribution in [3.63, 3.8) is 0 Å². The minimum atomic E-state index is -0.626. The molecule has 0 heterocycles. The summed E-state index contributed by atoms with van der Waals surface area (Å²) in [6.45, 7) is 2.11. The number of nitrogens with two attached hydrogens (primary N) is 2. The number of hydrogen-bond acceptors (Lipinski definition) is 4. The molecule has 0 aromatic carbocycles. The lowest BCUT2D eigenvalue weighted by Gasteiger charge is -2.19. The highest BCUT2D eigenvalue weighted by Gasteiger charge is 2.15. The van der Waals surface area contributed by atoms with Crippen LogP contribution in [0.15, 0.2) is 0 Å². The van der Waals surface area contributed by atoms with E-state index in [-0.39, 0.29) is 0 Å². The van der Waals surface area contributed by atoms with Gasteiger partial charge < -0.3 is 11.5 Å². The first-order chi connectivity index (χ1) is 4.12. The molecule has 0 saturated carbocycles. The van der Waals surface area contributed by atoms with Crippen LogP contribution in [0.1, 0.15) is 26.2 Å². The molecule has 2 nitrogen and oxygen atoms in total. The second-order valence-electron chi connectivity index (χ2n) is 2.15. The fraction of sp³-hybridized carbons (Fsp3) is 1.00. The highest BCUT2D eigenvalue weighted by molar-refractivity contribution is 8.69. The fourth-order valence-corrected chi connectivity index (χ4v) is 1.01. The lowest BCUT2D eigenvalue weighted by atomic mass is 10.2. The molecule has 4 N–H and O–H groups in total. The first-order valence-electron chi connectivity index (χ1n) is 3.02. The second kappa shape index (κ2) is 4.44. The second-order valence-corrected chi connectivity index (χ2v) is 3.64. The van der Waals surface area contributed by atoms with Crippen molar-refractivity contribution < 1.29 is 0 Å². The van der Waals surface area contributed by atoms with E-state index in [4.69, 9.17) is 11.5 Å². The molecule has 0 bridgehead atoms. The van der Waals surface area contributed by atoms with Gasteiger partial charge in [-0.25, -0.2) is 0 Å². The lowest BCUT2D eigenvalue weighted by molar-refractivity contribution is 0.553. The third-order valence-corrected chi connectivity index (χ3v) is 2.65. The van der Waals surface area contributed by atoms with Crippen LogP contribution in [0.25, 0.3) is 0 Å². The van der Waals surface area contributed by atoms with E-state index in [1.165, 1.54) is 10.8 Å². The van der Waals surface area contributed by atoms with E-state index in [0.29, 0.717) is 0 Å². The van der Waals surface area contributed by atoms with Gasteiger partial charge in [-0.1, -0.05) is 24.1 Å². The summed E-state index contributed by atoms with van der Waals surface area (Å²) >= 11 is 3.94. The summed E-state index contributed by atoms with van der Waals surface area (Å²) in [6.07, 6.45) is 3.03. The molecule has 0 unspecified atom stereocenters. The van der Waals surface area contributed by atoms with Gasteiger partial charge in [0.05, 0.1) is 0 Å². The average molecular weight is 166 g/mol. The van der Waals surface area contributed by atoms with Gasteiger partial charge in [-0.2, -0.15) is 0 Å². The molecule has 0 radical (unpaired) electrons. The van der Waals surface area contributed by atoms with Gasteiger partial charge in [0, 0.05) is 0 Å². The molecule has 0 aromatic heterocycles.